The number of aromatic nitrogens is 1. The van der Waals surface area contributed by atoms with E-state index in [9.17, 15) is 26.3 Å². The van der Waals surface area contributed by atoms with Crippen molar-refractivity contribution in [3.63, 3.8) is 0 Å². The van der Waals surface area contributed by atoms with Crippen LogP contribution in [-0.4, -0.2) is 43.8 Å². The highest BCUT2D eigenvalue weighted by atomic mass is 19.4. The number of para-hydroxylation sites is 1. The number of hydrogen-bond donors (Lipinski definition) is 0. The molecule has 0 bridgehead atoms. The number of fused-ring (bicyclic) bond motifs is 2. The molecule has 2 aliphatic heterocycles. The lowest BCUT2D eigenvalue weighted by Gasteiger charge is -2.33. The minimum atomic E-state index is -4.96. The van der Waals surface area contributed by atoms with Crippen molar-refractivity contribution in [1.29, 1.82) is 0 Å². The van der Waals surface area contributed by atoms with E-state index >= 15 is 0 Å². The normalized spacial score (nSPS) is 22.1. The molecule has 1 unspecified atom stereocenters. The maximum absolute atomic E-state index is 13.9. The van der Waals surface area contributed by atoms with Gasteiger partial charge in [0.15, 0.2) is 11.5 Å². The van der Waals surface area contributed by atoms with Crippen LogP contribution in [0.5, 0.6) is 17.2 Å². The van der Waals surface area contributed by atoms with Crippen LogP contribution >= 0.6 is 0 Å². The van der Waals surface area contributed by atoms with Crippen LogP contribution < -0.4 is 14.2 Å². The predicted octanol–water partition coefficient (Wildman–Crippen LogP) is 6.92. The van der Waals surface area contributed by atoms with Gasteiger partial charge in [0, 0.05) is 23.5 Å². The first-order valence-electron chi connectivity index (χ1n) is 12.3. The molecule has 6 nitrogen and oxygen atoms in total. The monoisotopic (exact) mass is 556 g/mol. The molecular formula is C27H26F6N2O4. The van der Waals surface area contributed by atoms with Crippen molar-refractivity contribution in [3.05, 3.63) is 58.8 Å². The van der Waals surface area contributed by atoms with Crippen molar-refractivity contribution in [3.8, 4) is 17.2 Å². The lowest BCUT2D eigenvalue weighted by Crippen LogP contribution is -2.38. The molecule has 1 aromatic heterocycles. The molecule has 0 saturated carbocycles. The van der Waals surface area contributed by atoms with Gasteiger partial charge in [-0.1, -0.05) is 18.6 Å². The van der Waals surface area contributed by atoms with Crippen LogP contribution in [0.25, 0.3) is 10.9 Å². The highest BCUT2D eigenvalue weighted by molar-refractivity contribution is 5.86. The van der Waals surface area contributed by atoms with Crippen LogP contribution in [0.2, 0.25) is 0 Å². The molecule has 0 spiro atoms. The zero-order valence-electron chi connectivity index (χ0n) is 21.3. The van der Waals surface area contributed by atoms with E-state index in [0.717, 1.165) is 25.0 Å². The molecule has 0 N–H and O–H groups in total. The zero-order chi connectivity index (χ0) is 28.1. The smallest absolute Gasteiger partial charge is 0.433 e. The average molecular weight is 557 g/mol. The van der Waals surface area contributed by atoms with Crippen LogP contribution in [0.3, 0.4) is 0 Å². The fourth-order valence-corrected chi connectivity index (χ4v) is 5.58. The molecule has 39 heavy (non-hydrogen) atoms. The van der Waals surface area contributed by atoms with Crippen LogP contribution in [-0.2, 0) is 17.1 Å². The number of alkyl halides is 6. The standard InChI is InChI=1S/C27H26F6N2O4/c1-36-19-11-14(12-20(37-2)24(19)38-3)25-35-10-5-4-9-18(35)23(39-25)16-13-21(27(31,32)33)34-22-15(16)7-6-8-17(22)26(28,29)30/h6-8,11-13,18,23,25H,4-5,9-10H2,1-3H3/t18-,23+,25?/m1/s1. The summed E-state index contributed by atoms with van der Waals surface area (Å²) in [6.45, 7) is 0.589. The van der Waals surface area contributed by atoms with Crippen molar-refractivity contribution in [1.82, 2.24) is 9.88 Å². The second kappa shape index (κ2) is 10.1. The van der Waals surface area contributed by atoms with E-state index in [-0.39, 0.29) is 17.0 Å². The fourth-order valence-electron chi connectivity index (χ4n) is 5.58. The summed E-state index contributed by atoms with van der Waals surface area (Å²) in [4.78, 5) is 5.46. The third-order valence-corrected chi connectivity index (χ3v) is 7.26. The Labute approximate surface area is 220 Å². The van der Waals surface area contributed by atoms with Gasteiger partial charge in [0.05, 0.1) is 32.4 Å². The second-order valence-electron chi connectivity index (χ2n) is 9.46. The van der Waals surface area contributed by atoms with Gasteiger partial charge in [-0.2, -0.15) is 26.3 Å². The van der Waals surface area contributed by atoms with Gasteiger partial charge in [-0.05, 0) is 42.7 Å². The molecule has 210 valence electrons. The molecule has 3 aromatic rings. The van der Waals surface area contributed by atoms with Gasteiger partial charge in [0.25, 0.3) is 0 Å². The SMILES string of the molecule is COc1cc(C2O[C@@H](c3cc(C(F)(F)F)nc4c(C(F)(F)F)cccc34)[C@H]3CCCCN23)cc(OC)c1OC. The molecule has 0 aliphatic carbocycles. The summed E-state index contributed by atoms with van der Waals surface area (Å²) in [5.41, 5.74) is -2.75. The van der Waals surface area contributed by atoms with Crippen LogP contribution in [0, 0.1) is 0 Å². The topological polar surface area (TPSA) is 53.1 Å². The quantitative estimate of drug-likeness (QED) is 0.318. The summed E-state index contributed by atoms with van der Waals surface area (Å²) >= 11 is 0. The van der Waals surface area contributed by atoms with Crippen molar-refractivity contribution < 1.29 is 45.3 Å². The predicted molar refractivity (Wildman–Crippen MR) is 129 cm³/mol. The average Bonchev–Trinajstić information content (AvgIpc) is 3.29. The Bertz CT molecular complexity index is 1350. The van der Waals surface area contributed by atoms with E-state index in [1.165, 1.54) is 33.5 Å². The fraction of sp³-hybridized carbons (Fsp3) is 0.444. The Morgan fingerprint density at radius 3 is 2.18 bits per heavy atom. The maximum Gasteiger partial charge on any atom is 0.433 e. The molecule has 0 amide bonds. The van der Waals surface area contributed by atoms with Crippen LogP contribution in [0.4, 0.5) is 26.3 Å². The van der Waals surface area contributed by atoms with Gasteiger partial charge in [-0.25, -0.2) is 4.98 Å². The first-order chi connectivity index (χ1) is 18.5. The molecule has 0 radical (unpaired) electrons. The van der Waals surface area contributed by atoms with Gasteiger partial charge in [0.1, 0.15) is 18.0 Å². The molecule has 2 aromatic carbocycles. The Hall–Kier alpha value is -3.25. The van der Waals surface area contributed by atoms with Gasteiger partial charge in [0.2, 0.25) is 5.75 Å². The molecule has 2 aliphatic rings. The molecule has 5 rings (SSSR count). The Morgan fingerprint density at radius 2 is 1.59 bits per heavy atom. The van der Waals surface area contributed by atoms with Crippen LogP contribution in [0.1, 0.15) is 54.0 Å². The van der Waals surface area contributed by atoms with Gasteiger partial charge < -0.3 is 18.9 Å². The van der Waals surface area contributed by atoms with Crippen molar-refractivity contribution in [2.75, 3.05) is 27.9 Å². The summed E-state index contributed by atoms with van der Waals surface area (Å²) < 4.78 is 106. The van der Waals surface area contributed by atoms with Crippen LogP contribution in [0.15, 0.2) is 36.4 Å². The lowest BCUT2D eigenvalue weighted by atomic mass is 9.91. The summed E-state index contributed by atoms with van der Waals surface area (Å²) in [5, 5.41) is -0.0288. The van der Waals surface area contributed by atoms with E-state index in [4.69, 9.17) is 18.9 Å². The number of methoxy groups -OCH3 is 3. The number of hydrogen-bond acceptors (Lipinski definition) is 6. The van der Waals surface area contributed by atoms with Crippen molar-refractivity contribution in [2.24, 2.45) is 0 Å². The molecule has 2 saturated heterocycles. The lowest BCUT2D eigenvalue weighted by molar-refractivity contribution is -0.142. The maximum atomic E-state index is 13.9. The summed E-state index contributed by atoms with van der Waals surface area (Å²) in [6, 6.07) is 7.12. The first-order valence-corrected chi connectivity index (χ1v) is 12.3. The zero-order valence-corrected chi connectivity index (χ0v) is 21.3. The second-order valence-corrected chi connectivity index (χ2v) is 9.46. The molecule has 12 heteroatoms. The highest BCUT2D eigenvalue weighted by Crippen LogP contribution is 2.51. The minimum absolute atomic E-state index is 0.0188. The van der Waals surface area contributed by atoms with E-state index in [2.05, 4.69) is 4.98 Å². The highest BCUT2D eigenvalue weighted by Gasteiger charge is 2.47. The van der Waals surface area contributed by atoms with Gasteiger partial charge >= 0.3 is 12.4 Å². The third kappa shape index (κ3) is 4.84. The van der Waals surface area contributed by atoms with Crippen molar-refractivity contribution in [2.45, 2.75) is 50.0 Å². The Kier molecular flexibility index (Phi) is 7.04. The summed E-state index contributed by atoms with van der Waals surface area (Å²) in [5.74, 6) is 1.11. The number of rotatable bonds is 5. The third-order valence-electron chi connectivity index (χ3n) is 7.26. The molecular weight excluding hydrogens is 530 g/mol. The molecule has 2 fully saturated rings. The van der Waals surface area contributed by atoms with E-state index in [1.54, 1.807) is 12.1 Å². The largest absolute Gasteiger partial charge is 0.493 e. The molecule has 3 heterocycles. The van der Waals surface area contributed by atoms with E-state index in [0.29, 0.717) is 35.8 Å². The number of nitrogens with zero attached hydrogens (tertiary/aromatic N) is 2. The Morgan fingerprint density at radius 1 is 0.897 bits per heavy atom. The summed E-state index contributed by atoms with van der Waals surface area (Å²) in [7, 11) is 4.39. The number of ether oxygens (including phenoxy) is 4. The number of pyridine rings is 1. The van der Waals surface area contributed by atoms with E-state index < -0.39 is 41.5 Å². The van der Waals surface area contributed by atoms with Gasteiger partial charge in [-0.3, -0.25) is 4.90 Å². The number of halogens is 6. The molecule has 3 atom stereocenters. The minimum Gasteiger partial charge on any atom is -0.493 e. The van der Waals surface area contributed by atoms with Gasteiger partial charge in [-0.15, -0.1) is 0 Å². The first kappa shape index (κ1) is 27.3. The van der Waals surface area contributed by atoms with Crippen molar-refractivity contribution >= 4 is 10.9 Å². The summed E-state index contributed by atoms with van der Waals surface area (Å²) in [6.07, 6.45) is -9.28. The Balaban J connectivity index is 1.68. The number of benzene rings is 2. The number of piperidine rings is 1. The van der Waals surface area contributed by atoms with E-state index in [1.807, 2.05) is 4.90 Å².